The number of carbonyl (C=O) groups is 1. The summed E-state index contributed by atoms with van der Waals surface area (Å²) in [4.78, 5) is 16.6. The van der Waals surface area contributed by atoms with Crippen LogP contribution in [-0.4, -0.2) is 69.9 Å². The van der Waals surface area contributed by atoms with E-state index in [1.165, 1.54) is 0 Å². The molecule has 0 saturated carbocycles. The van der Waals surface area contributed by atoms with Crippen LogP contribution in [0.5, 0.6) is 0 Å². The van der Waals surface area contributed by atoms with Gasteiger partial charge in [0.2, 0.25) is 0 Å². The first kappa shape index (κ1) is 15.8. The summed E-state index contributed by atoms with van der Waals surface area (Å²) in [5.41, 5.74) is 7.57. The molecule has 2 unspecified atom stereocenters. The Kier molecular flexibility index (Phi) is 4.53. The standard InChI is InChI=1S/C14H25N5O2/c1-5-19-13(12(15)9(2)16-19)14(21)18-8-11(20)6-10(18)7-17(3)4/h10-11,20H,5-8,15H2,1-4H3. The number of nitrogen functional groups attached to an aromatic ring is 1. The van der Waals surface area contributed by atoms with E-state index in [0.29, 0.717) is 36.6 Å². The van der Waals surface area contributed by atoms with Crippen molar-refractivity contribution in [1.82, 2.24) is 19.6 Å². The normalized spacial score (nSPS) is 22.3. The van der Waals surface area contributed by atoms with Crippen LogP contribution in [0.1, 0.15) is 29.5 Å². The first-order valence-electron chi connectivity index (χ1n) is 7.31. The summed E-state index contributed by atoms with van der Waals surface area (Å²) >= 11 is 0. The molecule has 2 atom stereocenters. The van der Waals surface area contributed by atoms with Crippen molar-refractivity contribution in [3.8, 4) is 0 Å². The van der Waals surface area contributed by atoms with E-state index in [9.17, 15) is 9.90 Å². The lowest BCUT2D eigenvalue weighted by molar-refractivity contribution is 0.0688. The predicted molar refractivity (Wildman–Crippen MR) is 81.1 cm³/mol. The van der Waals surface area contributed by atoms with Gasteiger partial charge in [0.25, 0.3) is 5.91 Å². The minimum Gasteiger partial charge on any atom is -0.395 e. The van der Waals surface area contributed by atoms with Crippen LogP contribution in [-0.2, 0) is 6.54 Å². The second-order valence-corrected chi connectivity index (χ2v) is 5.93. The fourth-order valence-corrected chi connectivity index (χ4v) is 2.92. The lowest BCUT2D eigenvalue weighted by Crippen LogP contribution is -2.42. The molecule has 0 bridgehead atoms. The fraction of sp³-hybridized carbons (Fsp3) is 0.714. The molecule has 0 spiro atoms. The molecule has 3 N–H and O–H groups in total. The second kappa shape index (κ2) is 6.03. The Morgan fingerprint density at radius 3 is 2.76 bits per heavy atom. The number of aromatic nitrogens is 2. The van der Waals surface area contributed by atoms with E-state index in [4.69, 9.17) is 5.73 Å². The Morgan fingerprint density at radius 2 is 2.19 bits per heavy atom. The van der Waals surface area contributed by atoms with Crippen molar-refractivity contribution in [2.75, 3.05) is 32.9 Å². The Morgan fingerprint density at radius 1 is 1.52 bits per heavy atom. The van der Waals surface area contributed by atoms with Gasteiger partial charge in [0.15, 0.2) is 0 Å². The average Bonchev–Trinajstić information content (AvgIpc) is 2.89. The van der Waals surface area contributed by atoms with E-state index in [-0.39, 0.29) is 11.9 Å². The summed E-state index contributed by atoms with van der Waals surface area (Å²) in [5, 5.41) is 14.2. The summed E-state index contributed by atoms with van der Waals surface area (Å²) in [6, 6.07) is 0.00223. The summed E-state index contributed by atoms with van der Waals surface area (Å²) in [6.07, 6.45) is 0.127. The van der Waals surface area contributed by atoms with E-state index in [1.54, 1.807) is 16.5 Å². The number of β-amino-alcohol motifs (C(OH)–C–C–N with tert-alkyl or cyclic N) is 1. The van der Waals surface area contributed by atoms with Gasteiger partial charge in [0.05, 0.1) is 17.5 Å². The minimum atomic E-state index is -0.473. The van der Waals surface area contributed by atoms with Crippen LogP contribution < -0.4 is 5.73 Å². The van der Waals surface area contributed by atoms with Crippen molar-refractivity contribution in [2.45, 2.75) is 39.0 Å². The SMILES string of the molecule is CCn1nc(C)c(N)c1C(=O)N1CC(O)CC1CN(C)C. The van der Waals surface area contributed by atoms with Gasteiger partial charge in [0, 0.05) is 25.7 Å². The lowest BCUT2D eigenvalue weighted by atomic mass is 10.2. The molecule has 1 fully saturated rings. The number of nitrogens with two attached hydrogens (primary N) is 1. The van der Waals surface area contributed by atoms with Crippen molar-refractivity contribution in [3.05, 3.63) is 11.4 Å². The highest BCUT2D eigenvalue weighted by atomic mass is 16.3. The number of likely N-dealkylation sites (tertiary alicyclic amines) is 1. The molecule has 1 aromatic heterocycles. The third kappa shape index (κ3) is 3.03. The number of hydrogen-bond acceptors (Lipinski definition) is 5. The molecule has 7 nitrogen and oxygen atoms in total. The highest BCUT2D eigenvalue weighted by molar-refractivity contribution is 5.98. The van der Waals surface area contributed by atoms with Crippen molar-refractivity contribution < 1.29 is 9.90 Å². The monoisotopic (exact) mass is 295 g/mol. The van der Waals surface area contributed by atoms with Gasteiger partial charge >= 0.3 is 0 Å². The summed E-state index contributed by atoms with van der Waals surface area (Å²) < 4.78 is 1.64. The Hall–Kier alpha value is -1.60. The molecule has 118 valence electrons. The van der Waals surface area contributed by atoms with E-state index >= 15 is 0 Å². The molecule has 7 heteroatoms. The minimum absolute atomic E-state index is 0.00223. The van der Waals surface area contributed by atoms with Crippen molar-refractivity contribution in [3.63, 3.8) is 0 Å². The van der Waals surface area contributed by atoms with Gasteiger partial charge in [-0.05, 0) is 34.4 Å². The molecule has 21 heavy (non-hydrogen) atoms. The average molecular weight is 295 g/mol. The number of rotatable bonds is 4. The quantitative estimate of drug-likeness (QED) is 0.812. The van der Waals surface area contributed by atoms with Crippen LogP contribution in [0, 0.1) is 6.92 Å². The number of hydrogen-bond donors (Lipinski definition) is 2. The van der Waals surface area contributed by atoms with E-state index in [1.807, 2.05) is 25.9 Å². The van der Waals surface area contributed by atoms with Crippen LogP contribution in [0.15, 0.2) is 0 Å². The second-order valence-electron chi connectivity index (χ2n) is 5.93. The Bertz CT molecular complexity index is 526. The number of amides is 1. The molecule has 0 radical (unpaired) electrons. The summed E-state index contributed by atoms with van der Waals surface area (Å²) in [5.74, 6) is -0.140. The fourth-order valence-electron chi connectivity index (χ4n) is 2.92. The molecule has 0 aromatic carbocycles. The molecule has 1 saturated heterocycles. The van der Waals surface area contributed by atoms with Crippen LogP contribution in [0.4, 0.5) is 5.69 Å². The molecular weight excluding hydrogens is 270 g/mol. The number of nitrogens with zero attached hydrogens (tertiary/aromatic N) is 4. The van der Waals surface area contributed by atoms with Crippen molar-refractivity contribution in [1.29, 1.82) is 0 Å². The smallest absolute Gasteiger partial charge is 0.274 e. The van der Waals surface area contributed by atoms with Gasteiger partial charge in [-0.2, -0.15) is 5.10 Å². The highest BCUT2D eigenvalue weighted by Crippen LogP contribution is 2.25. The first-order valence-corrected chi connectivity index (χ1v) is 7.31. The maximum atomic E-state index is 12.9. The van der Waals surface area contributed by atoms with E-state index in [0.717, 1.165) is 6.54 Å². The van der Waals surface area contributed by atoms with Crippen LogP contribution in [0.25, 0.3) is 0 Å². The Labute approximate surface area is 125 Å². The van der Waals surface area contributed by atoms with E-state index in [2.05, 4.69) is 5.10 Å². The zero-order valence-corrected chi connectivity index (χ0v) is 13.2. The number of aryl methyl sites for hydroxylation is 2. The maximum Gasteiger partial charge on any atom is 0.274 e. The van der Waals surface area contributed by atoms with E-state index < -0.39 is 6.10 Å². The molecular formula is C14H25N5O2. The van der Waals surface area contributed by atoms with Crippen molar-refractivity contribution in [2.24, 2.45) is 0 Å². The van der Waals surface area contributed by atoms with Crippen LogP contribution >= 0.6 is 0 Å². The third-order valence-corrected chi connectivity index (χ3v) is 3.90. The molecule has 2 heterocycles. The zero-order chi connectivity index (χ0) is 15.7. The highest BCUT2D eigenvalue weighted by Gasteiger charge is 2.37. The number of carbonyl (C=O) groups excluding carboxylic acids is 1. The van der Waals surface area contributed by atoms with Crippen LogP contribution in [0.2, 0.25) is 0 Å². The maximum absolute atomic E-state index is 12.9. The largest absolute Gasteiger partial charge is 0.395 e. The van der Waals surface area contributed by atoms with Gasteiger partial charge in [-0.1, -0.05) is 0 Å². The molecule has 0 aliphatic carbocycles. The summed E-state index contributed by atoms with van der Waals surface area (Å²) in [6.45, 7) is 5.40. The molecule has 1 aliphatic heterocycles. The topological polar surface area (TPSA) is 87.6 Å². The predicted octanol–water partition coefficient (Wildman–Crippen LogP) is -0.0694. The lowest BCUT2D eigenvalue weighted by Gasteiger charge is -2.27. The number of aliphatic hydroxyl groups is 1. The van der Waals surface area contributed by atoms with Crippen LogP contribution in [0.3, 0.4) is 0 Å². The third-order valence-electron chi connectivity index (χ3n) is 3.90. The molecule has 1 amide bonds. The first-order chi connectivity index (χ1) is 9.85. The number of likely N-dealkylation sites (N-methyl/N-ethyl adjacent to an activating group) is 1. The summed E-state index contributed by atoms with van der Waals surface area (Å²) in [7, 11) is 3.92. The molecule has 1 aromatic rings. The Balaban J connectivity index is 2.30. The van der Waals surface area contributed by atoms with Gasteiger partial charge < -0.3 is 20.6 Å². The molecule has 2 rings (SSSR count). The van der Waals surface area contributed by atoms with Gasteiger partial charge in [-0.25, -0.2) is 0 Å². The van der Waals surface area contributed by atoms with Gasteiger partial charge in [-0.3, -0.25) is 9.48 Å². The van der Waals surface area contributed by atoms with Crippen molar-refractivity contribution >= 4 is 11.6 Å². The zero-order valence-electron chi connectivity index (χ0n) is 13.2. The molecule has 1 aliphatic rings. The number of aliphatic hydroxyl groups excluding tert-OH is 1. The number of anilines is 1. The van der Waals surface area contributed by atoms with Gasteiger partial charge in [-0.15, -0.1) is 0 Å². The van der Waals surface area contributed by atoms with Gasteiger partial charge in [0.1, 0.15) is 5.69 Å².